The molecule has 15 heavy (non-hydrogen) atoms. The van der Waals surface area contributed by atoms with Crippen molar-refractivity contribution >= 4 is 17.3 Å². The van der Waals surface area contributed by atoms with Crippen molar-refractivity contribution in [3.8, 4) is 5.88 Å². The van der Waals surface area contributed by atoms with Gasteiger partial charge in [0.2, 0.25) is 11.2 Å². The van der Waals surface area contributed by atoms with Crippen LogP contribution in [0.3, 0.4) is 0 Å². The van der Waals surface area contributed by atoms with E-state index in [9.17, 15) is 0 Å². The quantitative estimate of drug-likeness (QED) is 0.805. The molecule has 0 aromatic carbocycles. The second kappa shape index (κ2) is 4.66. The Kier molecular flexibility index (Phi) is 3.26. The van der Waals surface area contributed by atoms with Crippen molar-refractivity contribution in [2.45, 2.75) is 25.7 Å². The van der Waals surface area contributed by atoms with E-state index in [1.54, 1.807) is 0 Å². The molecular weight excluding hydrogens is 214 g/mol. The van der Waals surface area contributed by atoms with Crippen molar-refractivity contribution in [3.05, 3.63) is 11.5 Å². The van der Waals surface area contributed by atoms with Gasteiger partial charge in [-0.25, -0.2) is 4.98 Å². The third-order valence-corrected chi connectivity index (χ3v) is 2.86. The second-order valence-corrected chi connectivity index (χ2v) is 4.20. The molecule has 0 aliphatic heterocycles. The number of aromatic nitrogens is 2. The van der Waals surface area contributed by atoms with Gasteiger partial charge in [0.05, 0.1) is 12.8 Å². The van der Waals surface area contributed by atoms with Gasteiger partial charge in [-0.2, -0.15) is 4.98 Å². The van der Waals surface area contributed by atoms with Crippen molar-refractivity contribution in [1.82, 2.24) is 9.97 Å². The van der Waals surface area contributed by atoms with Crippen LogP contribution < -0.4 is 10.5 Å². The second-order valence-electron chi connectivity index (χ2n) is 3.86. The summed E-state index contributed by atoms with van der Waals surface area (Å²) in [5.74, 6) is 1.04. The molecule has 0 amide bonds. The number of hydrogen-bond donors (Lipinski definition) is 1. The van der Waals surface area contributed by atoms with Crippen LogP contribution in [0.15, 0.2) is 6.20 Å². The lowest BCUT2D eigenvalue weighted by Crippen LogP contribution is -2.10. The molecule has 2 N–H and O–H groups in total. The standard InChI is InChI=1S/C10H14ClN3O/c11-10-13-5-8(12)9(14-10)15-6-7-3-1-2-4-7/h5,7H,1-4,6,12H2. The van der Waals surface area contributed by atoms with Crippen LogP contribution in [0.5, 0.6) is 5.88 Å². The minimum atomic E-state index is 0.172. The van der Waals surface area contributed by atoms with Crippen LogP contribution in [0, 0.1) is 5.92 Å². The van der Waals surface area contributed by atoms with Gasteiger partial charge in [0, 0.05) is 0 Å². The van der Waals surface area contributed by atoms with E-state index >= 15 is 0 Å². The Labute approximate surface area is 93.8 Å². The van der Waals surface area contributed by atoms with Crippen molar-refractivity contribution < 1.29 is 4.74 Å². The Hall–Kier alpha value is -1.03. The van der Waals surface area contributed by atoms with Crippen LogP contribution in [-0.2, 0) is 0 Å². The topological polar surface area (TPSA) is 61.0 Å². The van der Waals surface area contributed by atoms with Crippen LogP contribution in [0.2, 0.25) is 5.28 Å². The number of rotatable bonds is 3. The van der Waals surface area contributed by atoms with Gasteiger partial charge in [-0.15, -0.1) is 0 Å². The molecule has 4 nitrogen and oxygen atoms in total. The van der Waals surface area contributed by atoms with E-state index < -0.39 is 0 Å². The summed E-state index contributed by atoms with van der Waals surface area (Å²) in [5, 5.41) is 0.172. The SMILES string of the molecule is Nc1cnc(Cl)nc1OCC1CCCC1. The summed E-state index contributed by atoms with van der Waals surface area (Å²) >= 11 is 5.65. The van der Waals surface area contributed by atoms with Crippen LogP contribution in [-0.4, -0.2) is 16.6 Å². The summed E-state index contributed by atoms with van der Waals surface area (Å²) in [5.41, 5.74) is 6.11. The average molecular weight is 228 g/mol. The molecule has 0 unspecified atom stereocenters. The highest BCUT2D eigenvalue weighted by atomic mass is 35.5. The predicted molar refractivity (Wildman–Crippen MR) is 58.9 cm³/mol. The minimum absolute atomic E-state index is 0.172. The van der Waals surface area contributed by atoms with E-state index in [4.69, 9.17) is 22.1 Å². The zero-order valence-electron chi connectivity index (χ0n) is 8.45. The first-order valence-corrected chi connectivity index (χ1v) is 5.54. The van der Waals surface area contributed by atoms with E-state index in [0.717, 1.165) is 0 Å². The third-order valence-electron chi connectivity index (χ3n) is 2.68. The van der Waals surface area contributed by atoms with E-state index in [1.165, 1.54) is 31.9 Å². The molecule has 2 rings (SSSR count). The lowest BCUT2D eigenvalue weighted by Gasteiger charge is -2.11. The predicted octanol–water partition coefficient (Wildman–Crippen LogP) is 2.28. The Morgan fingerprint density at radius 2 is 2.20 bits per heavy atom. The molecule has 1 aromatic rings. The maximum atomic E-state index is 5.67. The van der Waals surface area contributed by atoms with Gasteiger partial charge in [0.15, 0.2) is 0 Å². The zero-order chi connectivity index (χ0) is 10.7. The monoisotopic (exact) mass is 227 g/mol. The summed E-state index contributed by atoms with van der Waals surface area (Å²) in [6, 6.07) is 0. The van der Waals surface area contributed by atoms with Gasteiger partial charge in [-0.05, 0) is 30.4 Å². The smallest absolute Gasteiger partial charge is 0.241 e. The van der Waals surface area contributed by atoms with E-state index in [2.05, 4.69) is 9.97 Å². The van der Waals surface area contributed by atoms with Crippen LogP contribution in [0.25, 0.3) is 0 Å². The number of nitrogens with zero attached hydrogens (tertiary/aromatic N) is 2. The van der Waals surface area contributed by atoms with Crippen molar-refractivity contribution in [2.24, 2.45) is 5.92 Å². The highest BCUT2D eigenvalue weighted by Gasteiger charge is 2.16. The molecule has 0 radical (unpaired) electrons. The van der Waals surface area contributed by atoms with Gasteiger partial charge in [0.1, 0.15) is 5.69 Å². The van der Waals surface area contributed by atoms with E-state index in [-0.39, 0.29) is 5.28 Å². The Balaban J connectivity index is 1.94. The highest BCUT2D eigenvalue weighted by Crippen LogP contribution is 2.26. The fourth-order valence-electron chi connectivity index (χ4n) is 1.84. The van der Waals surface area contributed by atoms with Crippen LogP contribution in [0.4, 0.5) is 5.69 Å². The van der Waals surface area contributed by atoms with Crippen molar-refractivity contribution in [2.75, 3.05) is 12.3 Å². The van der Waals surface area contributed by atoms with Gasteiger partial charge < -0.3 is 10.5 Å². The summed E-state index contributed by atoms with van der Waals surface area (Å²) in [6.07, 6.45) is 6.54. The molecule has 1 fully saturated rings. The van der Waals surface area contributed by atoms with Gasteiger partial charge in [-0.1, -0.05) is 12.8 Å². The summed E-state index contributed by atoms with van der Waals surface area (Å²) in [6.45, 7) is 0.678. The normalized spacial score (nSPS) is 16.9. The number of nitrogen functional groups attached to an aromatic ring is 1. The summed E-state index contributed by atoms with van der Waals surface area (Å²) in [7, 11) is 0. The molecule has 1 saturated carbocycles. The molecule has 1 aromatic heterocycles. The summed E-state index contributed by atoms with van der Waals surface area (Å²) < 4.78 is 5.54. The maximum absolute atomic E-state index is 5.67. The molecule has 0 atom stereocenters. The fraction of sp³-hybridized carbons (Fsp3) is 0.600. The van der Waals surface area contributed by atoms with Gasteiger partial charge in [0.25, 0.3) is 0 Å². The van der Waals surface area contributed by atoms with Crippen molar-refractivity contribution in [3.63, 3.8) is 0 Å². The van der Waals surface area contributed by atoms with E-state index in [1.807, 2.05) is 0 Å². The molecule has 1 aliphatic carbocycles. The first kappa shape index (κ1) is 10.5. The largest absolute Gasteiger partial charge is 0.476 e. The van der Waals surface area contributed by atoms with E-state index in [0.29, 0.717) is 24.1 Å². The third kappa shape index (κ3) is 2.72. The zero-order valence-corrected chi connectivity index (χ0v) is 9.20. The molecule has 0 spiro atoms. The Bertz CT molecular complexity index is 339. The number of nitrogens with two attached hydrogens (primary N) is 1. The number of anilines is 1. The maximum Gasteiger partial charge on any atom is 0.241 e. The molecular formula is C10H14ClN3O. The lowest BCUT2D eigenvalue weighted by atomic mass is 10.1. The Morgan fingerprint density at radius 1 is 1.47 bits per heavy atom. The lowest BCUT2D eigenvalue weighted by molar-refractivity contribution is 0.244. The van der Waals surface area contributed by atoms with Crippen molar-refractivity contribution in [1.29, 1.82) is 0 Å². The molecule has 1 aliphatic rings. The summed E-state index contributed by atoms with van der Waals surface area (Å²) in [4.78, 5) is 7.71. The van der Waals surface area contributed by atoms with Gasteiger partial charge >= 0.3 is 0 Å². The number of halogens is 1. The fourth-order valence-corrected chi connectivity index (χ4v) is 1.97. The molecule has 0 saturated heterocycles. The molecule has 0 bridgehead atoms. The van der Waals surface area contributed by atoms with Crippen LogP contribution >= 0.6 is 11.6 Å². The Morgan fingerprint density at radius 3 is 2.93 bits per heavy atom. The average Bonchev–Trinajstić information content (AvgIpc) is 2.72. The first-order valence-electron chi connectivity index (χ1n) is 5.16. The minimum Gasteiger partial charge on any atom is -0.476 e. The molecule has 5 heteroatoms. The van der Waals surface area contributed by atoms with Gasteiger partial charge in [-0.3, -0.25) is 0 Å². The highest BCUT2D eigenvalue weighted by molar-refractivity contribution is 6.28. The van der Waals surface area contributed by atoms with Crippen LogP contribution in [0.1, 0.15) is 25.7 Å². The number of ether oxygens (including phenoxy) is 1. The number of hydrogen-bond acceptors (Lipinski definition) is 4. The molecule has 1 heterocycles. The first-order chi connectivity index (χ1) is 7.25. The molecule has 82 valence electrons.